The quantitative estimate of drug-likeness (QED) is 0.699. The summed E-state index contributed by atoms with van der Waals surface area (Å²) in [6, 6.07) is -1.74. The van der Waals surface area contributed by atoms with Crippen molar-refractivity contribution in [3.8, 4) is 0 Å². The SMILES string of the molecule is CC(C)(C)OC(=O)N1C[C@@H](NC(=O)OCC(Cl)(Cl)Cl)C[C@H]1C(=O)O. The minimum absolute atomic E-state index is 0.0114. The van der Waals surface area contributed by atoms with Gasteiger partial charge in [0.2, 0.25) is 3.79 Å². The molecule has 0 spiro atoms. The van der Waals surface area contributed by atoms with Crippen LogP contribution < -0.4 is 5.32 Å². The van der Waals surface area contributed by atoms with Crippen molar-refractivity contribution in [2.45, 2.75) is 48.7 Å². The Morgan fingerprint density at radius 3 is 2.29 bits per heavy atom. The number of hydrogen-bond acceptors (Lipinski definition) is 5. The maximum absolute atomic E-state index is 12.1. The Labute approximate surface area is 154 Å². The van der Waals surface area contributed by atoms with Crippen molar-refractivity contribution in [1.29, 1.82) is 0 Å². The number of likely N-dealkylation sites (tertiary alicyclic amines) is 1. The number of carbonyl (C=O) groups is 3. The van der Waals surface area contributed by atoms with Crippen LogP contribution in [0.4, 0.5) is 9.59 Å². The fourth-order valence-electron chi connectivity index (χ4n) is 2.05. The normalized spacial score (nSPS) is 21.3. The minimum Gasteiger partial charge on any atom is -0.480 e. The van der Waals surface area contributed by atoms with Crippen molar-refractivity contribution in [2.75, 3.05) is 13.2 Å². The van der Waals surface area contributed by atoms with E-state index in [1.807, 2.05) is 0 Å². The zero-order chi connectivity index (χ0) is 18.7. The topological polar surface area (TPSA) is 105 Å². The smallest absolute Gasteiger partial charge is 0.411 e. The second kappa shape index (κ2) is 7.84. The number of hydrogen-bond donors (Lipinski definition) is 2. The molecular formula is C13H19Cl3N2O6. The Bertz CT molecular complexity index is 503. The van der Waals surface area contributed by atoms with Crippen molar-refractivity contribution in [3.63, 3.8) is 0 Å². The largest absolute Gasteiger partial charge is 0.480 e. The highest BCUT2D eigenvalue weighted by Gasteiger charge is 2.42. The summed E-state index contributed by atoms with van der Waals surface area (Å²) >= 11 is 16.4. The van der Waals surface area contributed by atoms with Gasteiger partial charge in [0.1, 0.15) is 18.2 Å². The van der Waals surface area contributed by atoms with Crippen LogP contribution in [0.2, 0.25) is 0 Å². The van der Waals surface area contributed by atoms with Gasteiger partial charge < -0.3 is 19.9 Å². The molecule has 8 nitrogen and oxygen atoms in total. The Hall–Kier alpha value is -1.12. The van der Waals surface area contributed by atoms with Crippen molar-refractivity contribution in [2.24, 2.45) is 0 Å². The molecule has 1 aliphatic heterocycles. The van der Waals surface area contributed by atoms with Gasteiger partial charge in [-0.2, -0.15) is 0 Å². The highest BCUT2D eigenvalue weighted by atomic mass is 35.6. The molecule has 0 unspecified atom stereocenters. The van der Waals surface area contributed by atoms with E-state index in [0.29, 0.717) is 0 Å². The third-order valence-electron chi connectivity index (χ3n) is 2.90. The molecule has 0 saturated carbocycles. The Balaban J connectivity index is 2.65. The molecule has 0 aliphatic carbocycles. The number of ether oxygens (including phenoxy) is 2. The zero-order valence-corrected chi connectivity index (χ0v) is 15.6. The monoisotopic (exact) mass is 404 g/mol. The van der Waals surface area contributed by atoms with Crippen LogP contribution in [0.25, 0.3) is 0 Å². The number of alkyl halides is 3. The highest BCUT2D eigenvalue weighted by Crippen LogP contribution is 2.26. The molecule has 1 fully saturated rings. The number of amides is 2. The number of carboxylic acid groups (broad SMARTS) is 1. The van der Waals surface area contributed by atoms with Gasteiger partial charge in [0.25, 0.3) is 0 Å². The summed E-state index contributed by atoms with van der Waals surface area (Å²) in [4.78, 5) is 36.1. The average Bonchev–Trinajstić information content (AvgIpc) is 2.77. The van der Waals surface area contributed by atoms with Gasteiger partial charge in [0, 0.05) is 13.0 Å². The van der Waals surface area contributed by atoms with Crippen LogP contribution in [0.3, 0.4) is 0 Å². The van der Waals surface area contributed by atoms with Crippen LogP contribution in [0, 0.1) is 0 Å². The number of carboxylic acids is 1. The summed E-state index contributed by atoms with van der Waals surface area (Å²) in [5.74, 6) is -1.19. The lowest BCUT2D eigenvalue weighted by atomic mass is 10.2. The van der Waals surface area contributed by atoms with Crippen LogP contribution >= 0.6 is 34.8 Å². The predicted octanol–water partition coefficient (Wildman–Crippen LogP) is 2.55. The lowest BCUT2D eigenvalue weighted by Crippen LogP contribution is -2.44. The Morgan fingerprint density at radius 2 is 1.83 bits per heavy atom. The van der Waals surface area contributed by atoms with Crippen LogP contribution in [-0.4, -0.2) is 62.8 Å². The van der Waals surface area contributed by atoms with E-state index in [1.165, 1.54) is 0 Å². The first-order valence-electron chi connectivity index (χ1n) is 7.01. The standard InChI is InChI=1S/C13H19Cl3N2O6/c1-12(2,3)24-11(22)18-5-7(4-8(18)9(19)20)17-10(21)23-6-13(14,15)16/h7-8H,4-6H2,1-3H3,(H,17,21)(H,19,20)/t7-,8-/m0/s1. The molecule has 1 saturated heterocycles. The maximum Gasteiger partial charge on any atom is 0.411 e. The van der Waals surface area contributed by atoms with Crippen molar-refractivity contribution < 1.29 is 29.0 Å². The van der Waals surface area contributed by atoms with E-state index >= 15 is 0 Å². The lowest BCUT2D eigenvalue weighted by molar-refractivity contribution is -0.142. The van der Waals surface area contributed by atoms with Crippen molar-refractivity contribution >= 4 is 53.0 Å². The van der Waals surface area contributed by atoms with Gasteiger partial charge in [0.15, 0.2) is 0 Å². The number of carbonyl (C=O) groups excluding carboxylic acids is 2. The van der Waals surface area contributed by atoms with Gasteiger partial charge in [0.05, 0.1) is 6.04 Å². The summed E-state index contributed by atoms with van der Waals surface area (Å²) in [5, 5.41) is 11.7. The van der Waals surface area contributed by atoms with Crippen molar-refractivity contribution in [3.05, 3.63) is 0 Å². The maximum atomic E-state index is 12.1. The molecule has 1 heterocycles. The first kappa shape index (κ1) is 20.9. The third kappa shape index (κ3) is 7.19. The van der Waals surface area contributed by atoms with E-state index in [-0.39, 0.29) is 13.0 Å². The Morgan fingerprint density at radius 1 is 1.25 bits per heavy atom. The molecule has 0 aromatic rings. The third-order valence-corrected chi connectivity index (χ3v) is 3.23. The molecule has 0 aromatic heterocycles. The van der Waals surface area contributed by atoms with E-state index in [9.17, 15) is 19.5 Å². The number of rotatable bonds is 3. The zero-order valence-electron chi connectivity index (χ0n) is 13.3. The van der Waals surface area contributed by atoms with E-state index in [4.69, 9.17) is 44.3 Å². The summed E-state index contributed by atoms with van der Waals surface area (Å²) in [7, 11) is 0. The van der Waals surface area contributed by atoms with Crippen LogP contribution in [-0.2, 0) is 14.3 Å². The number of nitrogens with zero attached hydrogens (tertiary/aromatic N) is 1. The summed E-state index contributed by atoms with van der Waals surface area (Å²) < 4.78 is 8.14. The number of nitrogens with one attached hydrogen (secondary N) is 1. The fourth-order valence-corrected chi connectivity index (χ4v) is 2.22. The predicted molar refractivity (Wildman–Crippen MR) is 87.5 cm³/mol. The number of halogens is 3. The van der Waals surface area contributed by atoms with Gasteiger partial charge in [-0.15, -0.1) is 0 Å². The summed E-state index contributed by atoms with van der Waals surface area (Å²) in [5.41, 5.74) is -0.769. The molecule has 2 amide bonds. The molecule has 11 heteroatoms. The summed E-state index contributed by atoms with van der Waals surface area (Å²) in [6.07, 6.45) is -1.63. The van der Waals surface area contributed by atoms with Gasteiger partial charge in [-0.1, -0.05) is 34.8 Å². The van der Waals surface area contributed by atoms with Gasteiger partial charge in [-0.05, 0) is 20.8 Å². The van der Waals surface area contributed by atoms with Crippen LogP contribution in [0.15, 0.2) is 0 Å². The molecule has 0 bridgehead atoms. The molecule has 1 rings (SSSR count). The molecule has 1 aliphatic rings. The first-order valence-corrected chi connectivity index (χ1v) is 8.14. The summed E-state index contributed by atoms with van der Waals surface area (Å²) in [6.45, 7) is 4.50. The minimum atomic E-state index is -1.75. The van der Waals surface area contributed by atoms with Crippen LogP contribution in [0.1, 0.15) is 27.2 Å². The second-order valence-corrected chi connectivity index (χ2v) is 8.77. The first-order chi connectivity index (χ1) is 10.8. The Kier molecular flexibility index (Phi) is 6.84. The molecule has 2 atom stereocenters. The van der Waals surface area contributed by atoms with Crippen LogP contribution in [0.5, 0.6) is 0 Å². The average molecular weight is 406 g/mol. The van der Waals surface area contributed by atoms with Gasteiger partial charge in [-0.3, -0.25) is 4.90 Å². The lowest BCUT2D eigenvalue weighted by Gasteiger charge is -2.26. The highest BCUT2D eigenvalue weighted by molar-refractivity contribution is 6.67. The molecule has 138 valence electrons. The molecule has 24 heavy (non-hydrogen) atoms. The second-order valence-electron chi connectivity index (χ2n) is 6.26. The van der Waals surface area contributed by atoms with E-state index in [2.05, 4.69) is 5.32 Å². The number of alkyl carbamates (subject to hydrolysis) is 1. The van der Waals surface area contributed by atoms with E-state index < -0.39 is 46.2 Å². The molecule has 2 N–H and O–H groups in total. The van der Waals surface area contributed by atoms with Crippen molar-refractivity contribution in [1.82, 2.24) is 10.2 Å². The molecule has 0 radical (unpaired) electrons. The fraction of sp³-hybridized carbons (Fsp3) is 0.769. The van der Waals surface area contributed by atoms with E-state index in [0.717, 1.165) is 4.90 Å². The van der Waals surface area contributed by atoms with E-state index in [1.54, 1.807) is 20.8 Å². The molecular weight excluding hydrogens is 387 g/mol. The van der Waals surface area contributed by atoms with Gasteiger partial charge in [-0.25, -0.2) is 14.4 Å². The van der Waals surface area contributed by atoms with Gasteiger partial charge >= 0.3 is 18.2 Å². The number of aliphatic carboxylic acids is 1. The molecule has 0 aromatic carbocycles.